The van der Waals surface area contributed by atoms with Gasteiger partial charge in [-0.1, -0.05) is 12.1 Å². The van der Waals surface area contributed by atoms with Gasteiger partial charge in [0.1, 0.15) is 6.04 Å². The summed E-state index contributed by atoms with van der Waals surface area (Å²) in [6, 6.07) is 8.52. The van der Waals surface area contributed by atoms with E-state index in [9.17, 15) is 4.79 Å². The van der Waals surface area contributed by atoms with E-state index in [0.717, 1.165) is 5.56 Å². The minimum atomic E-state index is -0.548. The fourth-order valence-corrected chi connectivity index (χ4v) is 1.46. The van der Waals surface area contributed by atoms with Crippen LogP contribution in [0.1, 0.15) is 31.0 Å². The molecule has 0 aliphatic rings. The summed E-state index contributed by atoms with van der Waals surface area (Å²) in [6.45, 7) is 3.87. The van der Waals surface area contributed by atoms with Crippen molar-refractivity contribution in [3.05, 3.63) is 35.4 Å². The number of rotatable bonds is 4. The first-order chi connectivity index (χ1) is 7.54. The number of benzene rings is 1. The molecule has 1 rings (SSSR count). The van der Waals surface area contributed by atoms with Gasteiger partial charge < -0.3 is 5.73 Å². The Morgan fingerprint density at radius 2 is 2.19 bits per heavy atom. The van der Waals surface area contributed by atoms with Crippen LogP contribution in [0.5, 0.6) is 0 Å². The molecule has 4 heteroatoms. The zero-order valence-corrected chi connectivity index (χ0v) is 9.40. The van der Waals surface area contributed by atoms with Gasteiger partial charge in [0.15, 0.2) is 0 Å². The Bertz CT molecular complexity index is 421. The average Bonchev–Trinajstić information content (AvgIpc) is 2.25. The average molecular weight is 217 g/mol. The van der Waals surface area contributed by atoms with E-state index >= 15 is 0 Å². The van der Waals surface area contributed by atoms with Crippen molar-refractivity contribution in [2.75, 3.05) is 0 Å². The van der Waals surface area contributed by atoms with E-state index in [2.05, 4.69) is 5.32 Å². The highest BCUT2D eigenvalue weighted by molar-refractivity contribution is 5.81. The summed E-state index contributed by atoms with van der Waals surface area (Å²) in [5, 5.41) is 11.8. The fourth-order valence-electron chi connectivity index (χ4n) is 1.46. The standard InChI is InChI=1S/C12H15N3O/c1-8(2)15-11(12(14)16)10-5-3-4-9(6-10)7-13/h3-6,8,11,15H,1-2H3,(H2,14,16). The van der Waals surface area contributed by atoms with Gasteiger partial charge in [-0.25, -0.2) is 0 Å². The number of nitrogens with two attached hydrogens (primary N) is 1. The molecule has 1 unspecified atom stereocenters. The fraction of sp³-hybridized carbons (Fsp3) is 0.333. The lowest BCUT2D eigenvalue weighted by molar-refractivity contribution is -0.120. The number of carbonyl (C=O) groups is 1. The molecule has 0 bridgehead atoms. The van der Waals surface area contributed by atoms with Gasteiger partial charge in [-0.3, -0.25) is 10.1 Å². The van der Waals surface area contributed by atoms with E-state index in [1.54, 1.807) is 24.3 Å². The van der Waals surface area contributed by atoms with E-state index in [1.807, 2.05) is 19.9 Å². The number of hydrogen-bond donors (Lipinski definition) is 2. The van der Waals surface area contributed by atoms with E-state index in [4.69, 9.17) is 11.0 Å². The van der Waals surface area contributed by atoms with Crippen molar-refractivity contribution in [2.24, 2.45) is 5.73 Å². The first kappa shape index (κ1) is 12.2. The van der Waals surface area contributed by atoms with Gasteiger partial charge in [0.2, 0.25) is 5.91 Å². The molecule has 1 aromatic rings. The maximum absolute atomic E-state index is 11.3. The minimum absolute atomic E-state index is 0.142. The topological polar surface area (TPSA) is 78.9 Å². The third kappa shape index (κ3) is 3.07. The van der Waals surface area contributed by atoms with Crippen molar-refractivity contribution < 1.29 is 4.79 Å². The van der Waals surface area contributed by atoms with Crippen LogP contribution in [-0.2, 0) is 4.79 Å². The number of amides is 1. The summed E-state index contributed by atoms with van der Waals surface area (Å²) in [6.07, 6.45) is 0. The van der Waals surface area contributed by atoms with Crippen LogP contribution in [0, 0.1) is 11.3 Å². The second kappa shape index (κ2) is 5.29. The molecular formula is C12H15N3O. The molecule has 84 valence electrons. The lowest BCUT2D eigenvalue weighted by Gasteiger charge is -2.18. The van der Waals surface area contributed by atoms with Gasteiger partial charge in [0.25, 0.3) is 0 Å². The first-order valence-electron chi connectivity index (χ1n) is 5.10. The minimum Gasteiger partial charge on any atom is -0.368 e. The molecular weight excluding hydrogens is 202 g/mol. The Morgan fingerprint density at radius 1 is 1.50 bits per heavy atom. The highest BCUT2D eigenvalue weighted by Crippen LogP contribution is 2.14. The molecule has 0 radical (unpaired) electrons. The number of nitriles is 1. The smallest absolute Gasteiger partial charge is 0.239 e. The zero-order chi connectivity index (χ0) is 12.1. The molecule has 0 fully saturated rings. The molecule has 0 aromatic heterocycles. The molecule has 1 amide bonds. The van der Waals surface area contributed by atoms with E-state index in [1.165, 1.54) is 0 Å². The lowest BCUT2D eigenvalue weighted by Crippen LogP contribution is -2.37. The second-order valence-electron chi connectivity index (χ2n) is 3.89. The third-order valence-electron chi connectivity index (χ3n) is 2.13. The third-order valence-corrected chi connectivity index (χ3v) is 2.13. The molecule has 1 atom stereocenters. The molecule has 16 heavy (non-hydrogen) atoms. The maximum atomic E-state index is 11.3. The van der Waals surface area contributed by atoms with Crippen molar-refractivity contribution in [3.8, 4) is 6.07 Å². The Kier molecular flexibility index (Phi) is 4.03. The summed E-state index contributed by atoms with van der Waals surface area (Å²) in [5.41, 5.74) is 6.57. The van der Waals surface area contributed by atoms with Crippen molar-refractivity contribution >= 4 is 5.91 Å². The number of nitrogens with zero attached hydrogens (tertiary/aromatic N) is 1. The van der Waals surface area contributed by atoms with Crippen molar-refractivity contribution in [2.45, 2.75) is 25.9 Å². The summed E-state index contributed by atoms with van der Waals surface area (Å²) < 4.78 is 0. The molecule has 0 spiro atoms. The van der Waals surface area contributed by atoms with Gasteiger partial charge in [-0.2, -0.15) is 5.26 Å². The summed E-state index contributed by atoms with van der Waals surface area (Å²) in [4.78, 5) is 11.3. The van der Waals surface area contributed by atoms with Crippen LogP contribution in [0.3, 0.4) is 0 Å². The first-order valence-corrected chi connectivity index (χ1v) is 5.10. The highest BCUT2D eigenvalue weighted by atomic mass is 16.1. The highest BCUT2D eigenvalue weighted by Gasteiger charge is 2.18. The van der Waals surface area contributed by atoms with E-state index in [0.29, 0.717) is 5.56 Å². The van der Waals surface area contributed by atoms with E-state index in [-0.39, 0.29) is 6.04 Å². The molecule has 1 aromatic carbocycles. The monoisotopic (exact) mass is 217 g/mol. The Labute approximate surface area is 95.1 Å². The molecule has 4 nitrogen and oxygen atoms in total. The predicted molar refractivity (Wildman–Crippen MR) is 61.4 cm³/mol. The molecule has 0 saturated carbocycles. The van der Waals surface area contributed by atoms with Gasteiger partial charge in [0.05, 0.1) is 11.6 Å². The SMILES string of the molecule is CC(C)NC(C(N)=O)c1cccc(C#N)c1. The quantitative estimate of drug-likeness (QED) is 0.792. The van der Waals surface area contributed by atoms with Gasteiger partial charge in [0, 0.05) is 6.04 Å². The largest absolute Gasteiger partial charge is 0.368 e. The molecule has 0 heterocycles. The van der Waals surface area contributed by atoms with Gasteiger partial charge >= 0.3 is 0 Å². The maximum Gasteiger partial charge on any atom is 0.239 e. The van der Waals surface area contributed by atoms with Gasteiger partial charge in [-0.15, -0.1) is 0 Å². The summed E-state index contributed by atoms with van der Waals surface area (Å²) >= 11 is 0. The second-order valence-corrected chi connectivity index (χ2v) is 3.89. The summed E-state index contributed by atoms with van der Waals surface area (Å²) in [7, 11) is 0. The van der Waals surface area contributed by atoms with Crippen LogP contribution in [0.25, 0.3) is 0 Å². The Hall–Kier alpha value is -1.86. The molecule has 0 aliphatic carbocycles. The summed E-state index contributed by atoms with van der Waals surface area (Å²) in [5.74, 6) is -0.441. The number of primary amides is 1. The van der Waals surface area contributed by atoms with Crippen LogP contribution in [0.4, 0.5) is 0 Å². The molecule has 3 N–H and O–H groups in total. The predicted octanol–water partition coefficient (Wildman–Crippen LogP) is 1.08. The lowest BCUT2D eigenvalue weighted by atomic mass is 10.0. The van der Waals surface area contributed by atoms with Crippen molar-refractivity contribution in [3.63, 3.8) is 0 Å². The van der Waals surface area contributed by atoms with Crippen LogP contribution < -0.4 is 11.1 Å². The van der Waals surface area contributed by atoms with Crippen molar-refractivity contribution in [1.29, 1.82) is 5.26 Å². The Balaban J connectivity index is 3.02. The van der Waals surface area contributed by atoms with Crippen LogP contribution in [-0.4, -0.2) is 11.9 Å². The van der Waals surface area contributed by atoms with Crippen LogP contribution >= 0.6 is 0 Å². The molecule has 0 saturated heterocycles. The number of hydrogen-bond acceptors (Lipinski definition) is 3. The molecule has 0 aliphatic heterocycles. The van der Waals surface area contributed by atoms with Crippen LogP contribution in [0.15, 0.2) is 24.3 Å². The Morgan fingerprint density at radius 3 is 2.69 bits per heavy atom. The van der Waals surface area contributed by atoms with E-state index < -0.39 is 11.9 Å². The van der Waals surface area contributed by atoms with Crippen molar-refractivity contribution in [1.82, 2.24) is 5.32 Å². The van der Waals surface area contributed by atoms with Gasteiger partial charge in [-0.05, 0) is 31.5 Å². The zero-order valence-electron chi connectivity index (χ0n) is 9.40. The number of carbonyl (C=O) groups excluding carboxylic acids is 1. The van der Waals surface area contributed by atoms with Crippen LogP contribution in [0.2, 0.25) is 0 Å². The normalized spacial score (nSPS) is 12.1. The number of nitrogens with one attached hydrogen (secondary N) is 1.